The number of anilines is 3. The van der Waals surface area contributed by atoms with Gasteiger partial charge < -0.3 is 28.1 Å². The minimum Gasteiger partial charge on any atom is -0.458 e. The molecule has 4 aliphatic rings. The average Bonchev–Trinajstić information content (AvgIpc) is 4.18. The topological polar surface area (TPSA) is 36.5 Å². The van der Waals surface area contributed by atoms with Crippen molar-refractivity contribution < 1.29 is 9.47 Å². The predicted octanol–water partition coefficient (Wildman–Crippen LogP) is 12.3. The second-order valence-electron chi connectivity index (χ2n) is 20.3. The number of rotatable bonds is 3. The van der Waals surface area contributed by atoms with E-state index in [0.717, 1.165) is 95.6 Å². The Balaban J connectivity index is 0.910. The number of aromatic nitrogens is 3. The zero-order chi connectivity index (χ0) is 47.9. The third-order valence-electron chi connectivity index (χ3n) is 16.7. The summed E-state index contributed by atoms with van der Waals surface area (Å²) < 4.78 is 22.2. The van der Waals surface area contributed by atoms with E-state index in [1.165, 1.54) is 59.7 Å². The van der Waals surface area contributed by atoms with Gasteiger partial charge in [-0.2, -0.15) is 0 Å². The number of fused-ring (bicyclic) bond motifs is 17. The first kappa shape index (κ1) is 39.0. The highest BCUT2D eigenvalue weighted by Crippen LogP contribution is 2.46. The molecule has 8 heteroatoms. The normalized spacial score (nSPS) is 13.5. The van der Waals surface area contributed by atoms with Crippen LogP contribution in [0.15, 0.2) is 231 Å². The number of nitrogens with zero attached hydrogens (tertiary/aromatic N) is 4. The third-order valence-corrected chi connectivity index (χ3v) is 16.7. The summed E-state index contributed by atoms with van der Waals surface area (Å²) in [7, 11) is 0. The van der Waals surface area contributed by atoms with Gasteiger partial charge >= 0.3 is 0 Å². The second kappa shape index (κ2) is 14.1. The molecule has 14 aromatic rings. The lowest BCUT2D eigenvalue weighted by Crippen LogP contribution is -2.63. The molecule has 4 aliphatic heterocycles. The highest BCUT2D eigenvalue weighted by molar-refractivity contribution is 7.02. The number of para-hydroxylation sites is 8. The molecule has 0 bridgehead atoms. The molecular formula is C66H38B2N4O2. The Bertz CT molecular complexity index is 4730. The fourth-order valence-electron chi connectivity index (χ4n) is 13.8. The van der Waals surface area contributed by atoms with Crippen LogP contribution in [0.2, 0.25) is 0 Å². The summed E-state index contributed by atoms with van der Waals surface area (Å²) >= 11 is 0. The van der Waals surface area contributed by atoms with E-state index in [9.17, 15) is 0 Å². The van der Waals surface area contributed by atoms with Crippen LogP contribution in [0.3, 0.4) is 0 Å². The van der Waals surface area contributed by atoms with Crippen LogP contribution in [0.1, 0.15) is 0 Å². The van der Waals surface area contributed by atoms with E-state index in [2.05, 4.69) is 249 Å². The molecule has 6 nitrogen and oxygen atoms in total. The zero-order valence-corrected chi connectivity index (χ0v) is 39.7. The van der Waals surface area contributed by atoms with Crippen molar-refractivity contribution in [2.24, 2.45) is 0 Å². The van der Waals surface area contributed by atoms with Gasteiger partial charge in [0.2, 0.25) is 0 Å². The van der Waals surface area contributed by atoms with Crippen LogP contribution < -0.4 is 47.2 Å². The molecule has 7 heterocycles. The number of ether oxygens (including phenoxy) is 2. The van der Waals surface area contributed by atoms with E-state index in [1.807, 2.05) is 0 Å². The Kier molecular flexibility index (Phi) is 7.41. The number of hydrogen-bond donors (Lipinski definition) is 0. The molecule has 0 unspecified atom stereocenters. The van der Waals surface area contributed by atoms with Crippen LogP contribution in [-0.2, 0) is 0 Å². The fraction of sp³-hybridized carbons (Fsp3) is 0. The summed E-state index contributed by atoms with van der Waals surface area (Å²) in [6.07, 6.45) is 0. The lowest BCUT2D eigenvalue weighted by atomic mass is 9.31. The molecule has 340 valence electrons. The van der Waals surface area contributed by atoms with Crippen molar-refractivity contribution in [3.8, 4) is 40.1 Å². The van der Waals surface area contributed by atoms with E-state index in [4.69, 9.17) is 9.47 Å². The Morgan fingerprint density at radius 2 is 0.703 bits per heavy atom. The maximum Gasteiger partial charge on any atom is 0.256 e. The first-order chi connectivity index (χ1) is 36.7. The number of hydrogen-bond acceptors (Lipinski definition) is 3. The Hall–Kier alpha value is -9.65. The van der Waals surface area contributed by atoms with Gasteiger partial charge in [0.25, 0.3) is 13.4 Å². The highest BCUT2D eigenvalue weighted by Gasteiger charge is 2.46. The van der Waals surface area contributed by atoms with Gasteiger partial charge in [-0.15, -0.1) is 0 Å². The maximum atomic E-state index is 7.45. The minimum absolute atomic E-state index is 0.111. The summed E-state index contributed by atoms with van der Waals surface area (Å²) in [4.78, 5) is 2.44. The molecule has 0 radical (unpaired) electrons. The highest BCUT2D eigenvalue weighted by atomic mass is 16.5. The van der Waals surface area contributed by atoms with E-state index in [0.29, 0.717) is 0 Å². The molecule has 0 spiro atoms. The smallest absolute Gasteiger partial charge is 0.256 e. The van der Waals surface area contributed by atoms with Gasteiger partial charge in [-0.05, 0) is 93.4 Å². The molecule has 0 atom stereocenters. The summed E-state index contributed by atoms with van der Waals surface area (Å²) in [6.45, 7) is -0.234. The largest absolute Gasteiger partial charge is 0.458 e. The molecule has 0 saturated heterocycles. The zero-order valence-electron chi connectivity index (χ0n) is 39.7. The minimum atomic E-state index is -0.123. The summed E-state index contributed by atoms with van der Waals surface area (Å²) in [5.74, 6) is 3.31. The Morgan fingerprint density at radius 1 is 0.270 bits per heavy atom. The first-order valence-electron chi connectivity index (χ1n) is 25.6. The van der Waals surface area contributed by atoms with Crippen molar-refractivity contribution in [2.75, 3.05) is 4.90 Å². The van der Waals surface area contributed by atoms with Gasteiger partial charge in [-0.25, -0.2) is 0 Å². The van der Waals surface area contributed by atoms with Crippen LogP contribution in [0.25, 0.3) is 82.5 Å². The third kappa shape index (κ3) is 4.92. The van der Waals surface area contributed by atoms with Crippen LogP contribution >= 0.6 is 0 Å². The van der Waals surface area contributed by atoms with Gasteiger partial charge in [0.15, 0.2) is 0 Å². The lowest BCUT2D eigenvalue weighted by Gasteiger charge is -2.41. The van der Waals surface area contributed by atoms with Gasteiger partial charge in [-0.1, -0.05) is 152 Å². The lowest BCUT2D eigenvalue weighted by molar-refractivity contribution is 0.465. The van der Waals surface area contributed by atoms with Crippen LogP contribution in [0, 0.1) is 0 Å². The van der Waals surface area contributed by atoms with Crippen LogP contribution in [-0.4, -0.2) is 27.1 Å². The Morgan fingerprint density at radius 3 is 1.28 bits per heavy atom. The van der Waals surface area contributed by atoms with E-state index < -0.39 is 0 Å². The van der Waals surface area contributed by atoms with Crippen molar-refractivity contribution in [1.29, 1.82) is 0 Å². The van der Waals surface area contributed by atoms with Crippen molar-refractivity contribution in [2.45, 2.75) is 0 Å². The van der Waals surface area contributed by atoms with Crippen molar-refractivity contribution in [1.82, 2.24) is 13.7 Å². The molecule has 0 N–H and O–H groups in total. The molecule has 0 saturated carbocycles. The first-order valence-corrected chi connectivity index (χ1v) is 25.6. The van der Waals surface area contributed by atoms with Gasteiger partial charge in [0.05, 0.1) is 39.0 Å². The van der Waals surface area contributed by atoms with Gasteiger partial charge in [-0.3, -0.25) is 0 Å². The van der Waals surface area contributed by atoms with E-state index >= 15 is 0 Å². The molecule has 0 aliphatic carbocycles. The second-order valence-corrected chi connectivity index (χ2v) is 20.3. The van der Waals surface area contributed by atoms with E-state index in [1.54, 1.807) is 0 Å². The van der Waals surface area contributed by atoms with Crippen molar-refractivity contribution in [3.05, 3.63) is 231 Å². The molecule has 0 amide bonds. The van der Waals surface area contributed by atoms with E-state index in [-0.39, 0.29) is 13.4 Å². The van der Waals surface area contributed by atoms with Crippen molar-refractivity contribution >= 4 is 129 Å². The quantitative estimate of drug-likeness (QED) is 0.166. The maximum absolute atomic E-state index is 7.45. The summed E-state index contributed by atoms with van der Waals surface area (Å²) in [6, 6.07) is 84.5. The molecule has 18 rings (SSSR count). The number of benzene rings is 11. The Labute approximate surface area is 425 Å². The van der Waals surface area contributed by atoms with Crippen LogP contribution in [0.4, 0.5) is 17.1 Å². The monoisotopic (exact) mass is 940 g/mol. The summed E-state index contributed by atoms with van der Waals surface area (Å²) in [5.41, 5.74) is 20.8. The molecule has 11 aromatic carbocycles. The summed E-state index contributed by atoms with van der Waals surface area (Å²) in [5, 5.41) is 7.38. The molecular weight excluding hydrogens is 902 g/mol. The fourth-order valence-corrected chi connectivity index (χ4v) is 13.8. The molecule has 74 heavy (non-hydrogen) atoms. The molecule has 3 aromatic heterocycles. The van der Waals surface area contributed by atoms with Gasteiger partial charge in [0.1, 0.15) is 23.0 Å². The predicted molar refractivity (Wildman–Crippen MR) is 306 cm³/mol. The standard InChI is InChI=1S/C66H38B2N4O2/c1-2-17-39(18-3-1)69-57-32-15-9-25-48(57)67-50-37-51-61(38-60(50)73-62-35-40(33-58(69)64(62)67)70-52-27-10-4-19-42(52)43-20-5-11-28-53(43)70)74-63-36-41(71-54-29-12-6-21-44(54)45-22-7-13-30-55(45)71)34-59-65(63)68(51)49-26-16-24-47-46-23-8-14-31-56(46)72(59)66(47)49/h1-38H. The van der Waals surface area contributed by atoms with Crippen molar-refractivity contribution in [3.63, 3.8) is 0 Å². The van der Waals surface area contributed by atoms with Crippen LogP contribution in [0.5, 0.6) is 23.0 Å². The molecule has 0 fully saturated rings. The van der Waals surface area contributed by atoms with Gasteiger partial charge in [0, 0.05) is 78.8 Å². The SMILES string of the molecule is c1ccc(N2c3ccccc3B3c4cc5c(cc4Oc4cc(-n6c7ccccc7c7ccccc76)cc2c43)Oc2cc(-n3c4ccccc4c4ccccc43)cc3c2B5c2cccc4c5ccccc5n-3c24)cc1. The average molecular weight is 941 g/mol.